The van der Waals surface area contributed by atoms with Crippen LogP contribution < -0.4 is 5.32 Å². The maximum absolute atomic E-state index is 12.2. The quantitative estimate of drug-likeness (QED) is 0.556. The van der Waals surface area contributed by atoms with Crippen LogP contribution in [0.5, 0.6) is 0 Å². The minimum Gasteiger partial charge on any atom is -0.481 e. The summed E-state index contributed by atoms with van der Waals surface area (Å²) in [5.74, 6) is -2.22. The van der Waals surface area contributed by atoms with E-state index < -0.39 is 22.7 Å². The molecular formula is C16H18N4O5. The number of hydrogen-bond donors (Lipinski definition) is 2. The van der Waals surface area contributed by atoms with Crippen LogP contribution in [0, 0.1) is 16.0 Å². The van der Waals surface area contributed by atoms with Crippen LogP contribution >= 0.6 is 0 Å². The molecule has 0 aliphatic carbocycles. The summed E-state index contributed by atoms with van der Waals surface area (Å²) in [7, 11) is 0. The van der Waals surface area contributed by atoms with Gasteiger partial charge in [-0.25, -0.2) is 4.98 Å². The van der Waals surface area contributed by atoms with Crippen LogP contribution in [-0.4, -0.2) is 38.0 Å². The SMILES string of the molecule is CCCC(CNC(=O)c1ccc(-n2ccnc2)c([N+](=O)[O-])c1)C(=O)O. The van der Waals surface area contributed by atoms with Gasteiger partial charge in [-0.05, 0) is 18.6 Å². The molecule has 25 heavy (non-hydrogen) atoms. The van der Waals surface area contributed by atoms with Gasteiger partial charge in [0.25, 0.3) is 11.6 Å². The minimum absolute atomic E-state index is 0.0287. The van der Waals surface area contributed by atoms with Crippen LogP contribution in [0.2, 0.25) is 0 Å². The first-order valence-electron chi connectivity index (χ1n) is 7.71. The Morgan fingerprint density at radius 1 is 1.44 bits per heavy atom. The standard InChI is InChI=1S/C16H18N4O5/c1-2-3-12(16(22)23)9-18-15(21)11-4-5-13(14(8-11)20(24)25)19-7-6-17-10-19/h4-8,10,12H,2-3,9H2,1H3,(H,18,21)(H,22,23). The summed E-state index contributed by atoms with van der Waals surface area (Å²) in [6.45, 7) is 1.83. The summed E-state index contributed by atoms with van der Waals surface area (Å²) in [6, 6.07) is 4.07. The number of carbonyl (C=O) groups is 2. The topological polar surface area (TPSA) is 127 Å². The third kappa shape index (κ3) is 4.40. The molecule has 1 heterocycles. The third-order valence-electron chi connectivity index (χ3n) is 3.71. The largest absolute Gasteiger partial charge is 0.481 e. The fourth-order valence-electron chi connectivity index (χ4n) is 2.41. The van der Waals surface area contributed by atoms with Crippen molar-refractivity contribution in [1.29, 1.82) is 0 Å². The highest BCUT2D eigenvalue weighted by Crippen LogP contribution is 2.24. The lowest BCUT2D eigenvalue weighted by Gasteiger charge is -2.12. The fourth-order valence-corrected chi connectivity index (χ4v) is 2.41. The number of carbonyl (C=O) groups excluding carboxylic acids is 1. The molecule has 2 rings (SSSR count). The number of carboxylic acids is 1. The molecule has 0 fully saturated rings. The van der Waals surface area contributed by atoms with Crippen molar-refractivity contribution < 1.29 is 19.6 Å². The molecule has 0 spiro atoms. The summed E-state index contributed by atoms with van der Waals surface area (Å²) >= 11 is 0. The molecule has 2 N–H and O–H groups in total. The lowest BCUT2D eigenvalue weighted by Crippen LogP contribution is -2.33. The van der Waals surface area contributed by atoms with Crippen molar-refractivity contribution in [3.8, 4) is 5.69 Å². The zero-order valence-electron chi connectivity index (χ0n) is 13.6. The second kappa shape index (κ2) is 8.04. The van der Waals surface area contributed by atoms with E-state index in [4.69, 9.17) is 5.11 Å². The van der Waals surface area contributed by atoms with Gasteiger partial charge < -0.3 is 15.0 Å². The molecule has 1 aromatic heterocycles. The number of aliphatic carboxylic acids is 1. The summed E-state index contributed by atoms with van der Waals surface area (Å²) in [6.07, 6.45) is 5.59. The number of imidazole rings is 1. The Labute approximate surface area is 143 Å². The second-order valence-corrected chi connectivity index (χ2v) is 5.46. The first-order valence-corrected chi connectivity index (χ1v) is 7.71. The molecule has 0 aliphatic rings. The monoisotopic (exact) mass is 346 g/mol. The summed E-state index contributed by atoms with van der Waals surface area (Å²) in [5, 5.41) is 22.9. The lowest BCUT2D eigenvalue weighted by molar-refractivity contribution is -0.384. The fraction of sp³-hybridized carbons (Fsp3) is 0.312. The molecule has 9 heteroatoms. The van der Waals surface area contributed by atoms with Gasteiger partial charge in [0.2, 0.25) is 0 Å². The normalized spacial score (nSPS) is 11.7. The van der Waals surface area contributed by atoms with Gasteiger partial charge in [-0.15, -0.1) is 0 Å². The molecule has 0 saturated heterocycles. The number of aromatic nitrogens is 2. The maximum atomic E-state index is 12.2. The van der Waals surface area contributed by atoms with Gasteiger partial charge in [-0.3, -0.25) is 19.7 Å². The van der Waals surface area contributed by atoms with Crippen LogP contribution in [0.25, 0.3) is 5.69 Å². The van der Waals surface area contributed by atoms with Crippen LogP contribution in [0.4, 0.5) is 5.69 Å². The minimum atomic E-state index is -0.983. The van der Waals surface area contributed by atoms with E-state index in [0.717, 1.165) is 0 Å². The smallest absolute Gasteiger partial charge is 0.308 e. The van der Waals surface area contributed by atoms with Crippen LogP contribution in [0.15, 0.2) is 36.9 Å². The molecule has 1 amide bonds. The zero-order chi connectivity index (χ0) is 18.4. The number of nitro groups is 1. The van der Waals surface area contributed by atoms with Gasteiger partial charge in [0.05, 0.1) is 17.2 Å². The Kier molecular flexibility index (Phi) is 5.83. The first-order chi connectivity index (χ1) is 11.9. The number of nitro benzene ring substituents is 1. The molecule has 1 atom stereocenters. The molecule has 0 aliphatic heterocycles. The number of nitrogens with one attached hydrogen (secondary N) is 1. The summed E-state index contributed by atoms with van der Waals surface area (Å²) in [4.78, 5) is 37.9. The van der Waals surface area contributed by atoms with Crippen LogP contribution in [0.3, 0.4) is 0 Å². The summed E-state index contributed by atoms with van der Waals surface area (Å²) < 4.78 is 1.47. The predicted molar refractivity (Wildman–Crippen MR) is 88.6 cm³/mol. The molecule has 9 nitrogen and oxygen atoms in total. The number of nitrogens with zero attached hydrogens (tertiary/aromatic N) is 3. The zero-order valence-corrected chi connectivity index (χ0v) is 13.6. The molecule has 1 unspecified atom stereocenters. The first kappa shape index (κ1) is 18.1. The van der Waals surface area contributed by atoms with Crippen LogP contribution in [-0.2, 0) is 4.79 Å². The van der Waals surface area contributed by atoms with Crippen molar-refractivity contribution in [1.82, 2.24) is 14.9 Å². The second-order valence-electron chi connectivity index (χ2n) is 5.46. The van der Waals surface area contributed by atoms with Crippen molar-refractivity contribution in [2.24, 2.45) is 5.92 Å². The van der Waals surface area contributed by atoms with Gasteiger partial charge in [-0.1, -0.05) is 13.3 Å². The number of amides is 1. The van der Waals surface area contributed by atoms with E-state index in [-0.39, 0.29) is 23.5 Å². The van der Waals surface area contributed by atoms with E-state index in [1.165, 1.54) is 35.3 Å². The Balaban J connectivity index is 2.19. The molecule has 1 aromatic carbocycles. The molecule has 132 valence electrons. The summed E-state index contributed by atoms with van der Waals surface area (Å²) in [5.41, 5.74) is 0.138. The highest BCUT2D eigenvalue weighted by Gasteiger charge is 2.21. The Morgan fingerprint density at radius 2 is 2.20 bits per heavy atom. The van der Waals surface area contributed by atoms with E-state index in [9.17, 15) is 19.7 Å². The van der Waals surface area contributed by atoms with E-state index >= 15 is 0 Å². The Bertz CT molecular complexity index is 773. The van der Waals surface area contributed by atoms with Gasteiger partial charge in [0, 0.05) is 30.6 Å². The van der Waals surface area contributed by atoms with Crippen molar-refractivity contribution in [2.45, 2.75) is 19.8 Å². The number of carboxylic acid groups (broad SMARTS) is 1. The Morgan fingerprint density at radius 3 is 2.76 bits per heavy atom. The maximum Gasteiger partial charge on any atom is 0.308 e. The highest BCUT2D eigenvalue weighted by molar-refractivity contribution is 5.95. The van der Waals surface area contributed by atoms with E-state index in [1.54, 1.807) is 6.20 Å². The van der Waals surface area contributed by atoms with Crippen molar-refractivity contribution in [3.63, 3.8) is 0 Å². The van der Waals surface area contributed by atoms with Gasteiger partial charge >= 0.3 is 5.97 Å². The van der Waals surface area contributed by atoms with Crippen molar-refractivity contribution in [2.75, 3.05) is 6.54 Å². The van der Waals surface area contributed by atoms with E-state index in [2.05, 4.69) is 10.3 Å². The van der Waals surface area contributed by atoms with Crippen LogP contribution in [0.1, 0.15) is 30.1 Å². The van der Waals surface area contributed by atoms with E-state index in [0.29, 0.717) is 12.8 Å². The number of hydrogen-bond acceptors (Lipinski definition) is 5. The number of rotatable bonds is 8. The van der Waals surface area contributed by atoms with Gasteiger partial charge in [-0.2, -0.15) is 0 Å². The van der Waals surface area contributed by atoms with Crippen molar-refractivity contribution in [3.05, 3.63) is 52.6 Å². The van der Waals surface area contributed by atoms with E-state index in [1.807, 2.05) is 6.92 Å². The molecule has 0 saturated carbocycles. The lowest BCUT2D eigenvalue weighted by atomic mass is 10.0. The molecule has 0 bridgehead atoms. The molecular weight excluding hydrogens is 328 g/mol. The third-order valence-corrected chi connectivity index (χ3v) is 3.71. The van der Waals surface area contributed by atoms with Gasteiger partial charge in [0.1, 0.15) is 5.69 Å². The average molecular weight is 346 g/mol. The van der Waals surface area contributed by atoms with Gasteiger partial charge in [0.15, 0.2) is 0 Å². The van der Waals surface area contributed by atoms with Crippen molar-refractivity contribution >= 4 is 17.6 Å². The molecule has 0 radical (unpaired) electrons. The predicted octanol–water partition coefficient (Wildman–Crippen LogP) is 2.01. The molecule has 2 aromatic rings. The number of benzene rings is 1. The highest BCUT2D eigenvalue weighted by atomic mass is 16.6. The average Bonchev–Trinajstić information content (AvgIpc) is 3.11. The Hall–Kier alpha value is -3.23.